The molecule has 1 saturated heterocycles. The molecule has 2 aromatic rings. The number of fused-ring (bicyclic) bond motifs is 2. The molecule has 9 nitrogen and oxygen atoms in total. The smallest absolute Gasteiger partial charge is 0.410 e. The number of carbonyl (C=O) groups excluding carboxylic acids is 2. The highest BCUT2D eigenvalue weighted by Crippen LogP contribution is 2.37. The molecule has 0 spiro atoms. The first-order chi connectivity index (χ1) is 16.4. The topological polar surface area (TPSA) is 96.9 Å². The van der Waals surface area contributed by atoms with Crippen LogP contribution in [0.25, 0.3) is 0 Å². The third-order valence-electron chi connectivity index (χ3n) is 5.97. The van der Waals surface area contributed by atoms with Crippen molar-refractivity contribution in [3.63, 3.8) is 0 Å². The number of nitrogens with one attached hydrogen (secondary N) is 1. The first-order valence-corrected chi connectivity index (χ1v) is 12.2. The van der Waals surface area contributed by atoms with Crippen molar-refractivity contribution >= 4 is 35.1 Å². The maximum atomic E-state index is 13.8. The van der Waals surface area contributed by atoms with E-state index in [9.17, 15) is 9.59 Å². The SMILES string of the molecule is Cc1ccnc(C(C)C)c1Nc1nc(Cl)cc2c1C(=O)N1CCN(C(=O)OC(C)(C)C)C[C@H]1CO2. The summed E-state index contributed by atoms with van der Waals surface area (Å²) < 4.78 is 11.6. The Bertz CT molecular complexity index is 1150. The maximum absolute atomic E-state index is 13.8. The van der Waals surface area contributed by atoms with Gasteiger partial charge in [-0.3, -0.25) is 9.78 Å². The first-order valence-electron chi connectivity index (χ1n) is 11.8. The minimum atomic E-state index is -0.595. The number of aromatic nitrogens is 2. The van der Waals surface area contributed by atoms with Crippen LogP contribution in [0.2, 0.25) is 5.15 Å². The van der Waals surface area contributed by atoms with E-state index in [4.69, 9.17) is 21.1 Å². The molecule has 4 heterocycles. The van der Waals surface area contributed by atoms with E-state index in [0.717, 1.165) is 16.9 Å². The lowest BCUT2D eigenvalue weighted by molar-refractivity contribution is 0.000957. The monoisotopic (exact) mass is 501 g/mol. The Morgan fingerprint density at radius 3 is 2.74 bits per heavy atom. The Balaban J connectivity index is 1.65. The molecule has 0 aliphatic carbocycles. The number of halogens is 1. The zero-order chi connectivity index (χ0) is 25.5. The highest BCUT2D eigenvalue weighted by Gasteiger charge is 2.39. The highest BCUT2D eigenvalue weighted by atomic mass is 35.5. The van der Waals surface area contributed by atoms with Crippen LogP contribution in [-0.4, -0.2) is 69.7 Å². The van der Waals surface area contributed by atoms with Crippen LogP contribution >= 0.6 is 11.6 Å². The van der Waals surface area contributed by atoms with Crippen LogP contribution in [0, 0.1) is 6.92 Å². The lowest BCUT2D eigenvalue weighted by Crippen LogP contribution is -2.58. The molecule has 0 bridgehead atoms. The molecule has 2 aliphatic heterocycles. The molecule has 35 heavy (non-hydrogen) atoms. The molecule has 1 N–H and O–H groups in total. The Kier molecular flexibility index (Phi) is 6.81. The number of rotatable bonds is 3. The molecule has 0 unspecified atom stereocenters. The molecule has 2 aromatic heterocycles. The summed E-state index contributed by atoms with van der Waals surface area (Å²) in [6.45, 7) is 12.8. The molecule has 1 atom stereocenters. The Hall–Kier alpha value is -3.07. The zero-order valence-corrected chi connectivity index (χ0v) is 21.8. The Morgan fingerprint density at radius 1 is 1.31 bits per heavy atom. The van der Waals surface area contributed by atoms with Gasteiger partial charge in [0.2, 0.25) is 0 Å². The van der Waals surface area contributed by atoms with Crippen molar-refractivity contribution < 1.29 is 19.1 Å². The normalized spacial score (nSPS) is 17.9. The number of pyridine rings is 2. The van der Waals surface area contributed by atoms with Crippen molar-refractivity contribution in [1.29, 1.82) is 0 Å². The molecule has 2 amide bonds. The maximum Gasteiger partial charge on any atom is 0.410 e. The van der Waals surface area contributed by atoms with E-state index in [0.29, 0.717) is 36.8 Å². The van der Waals surface area contributed by atoms with Crippen molar-refractivity contribution in [2.75, 3.05) is 31.6 Å². The van der Waals surface area contributed by atoms with Gasteiger partial charge in [0.15, 0.2) is 0 Å². The molecule has 188 valence electrons. The number of carbonyl (C=O) groups is 2. The number of amides is 2. The zero-order valence-electron chi connectivity index (χ0n) is 21.0. The van der Waals surface area contributed by atoms with Gasteiger partial charge in [0.1, 0.15) is 34.5 Å². The fraction of sp³-hybridized carbons (Fsp3) is 0.520. The predicted octanol–water partition coefficient (Wildman–Crippen LogP) is 4.76. The van der Waals surface area contributed by atoms with E-state index in [-0.39, 0.29) is 29.6 Å². The largest absolute Gasteiger partial charge is 0.490 e. The molecule has 10 heteroatoms. The number of hydrogen-bond acceptors (Lipinski definition) is 7. The standard InChI is InChI=1S/C25H32ClN5O4/c1-14(2)20-21(15(3)7-8-27-20)29-22-19-17(11-18(26)28-22)34-13-16-12-30(9-10-31(16)23(19)32)24(33)35-25(4,5)6/h7-8,11,14,16H,9-10,12-13H2,1-6H3,(H,28,29)/t16-/m0/s1. The quantitative estimate of drug-likeness (QED) is 0.605. The summed E-state index contributed by atoms with van der Waals surface area (Å²) in [5.41, 5.74) is 2.36. The number of hydrogen-bond donors (Lipinski definition) is 1. The van der Waals surface area contributed by atoms with Crippen molar-refractivity contribution in [1.82, 2.24) is 19.8 Å². The fourth-order valence-corrected chi connectivity index (χ4v) is 4.47. The summed E-state index contributed by atoms with van der Waals surface area (Å²) in [5, 5.41) is 3.54. The van der Waals surface area contributed by atoms with Crippen LogP contribution < -0.4 is 10.1 Å². The second-order valence-electron chi connectivity index (χ2n) is 10.2. The average Bonchev–Trinajstić information content (AvgIpc) is 2.90. The van der Waals surface area contributed by atoms with Gasteiger partial charge in [-0.15, -0.1) is 0 Å². The van der Waals surface area contributed by atoms with Crippen LogP contribution in [0.3, 0.4) is 0 Å². The molecule has 4 rings (SSSR count). The van der Waals surface area contributed by atoms with Crippen LogP contribution in [-0.2, 0) is 4.74 Å². The van der Waals surface area contributed by atoms with E-state index in [1.165, 1.54) is 0 Å². The molecule has 0 saturated carbocycles. The second-order valence-corrected chi connectivity index (χ2v) is 10.6. The summed E-state index contributed by atoms with van der Waals surface area (Å²) in [4.78, 5) is 38.7. The van der Waals surface area contributed by atoms with Crippen LogP contribution in [0.1, 0.15) is 62.2 Å². The average molecular weight is 502 g/mol. The highest BCUT2D eigenvalue weighted by molar-refractivity contribution is 6.30. The molecule has 0 aromatic carbocycles. The van der Waals surface area contributed by atoms with Gasteiger partial charge >= 0.3 is 6.09 Å². The van der Waals surface area contributed by atoms with Crippen LogP contribution in [0.4, 0.5) is 16.3 Å². The van der Waals surface area contributed by atoms with Crippen molar-refractivity contribution in [3.05, 3.63) is 40.3 Å². The first kappa shape index (κ1) is 25.0. The minimum absolute atomic E-state index is 0.160. The summed E-state index contributed by atoms with van der Waals surface area (Å²) in [6.07, 6.45) is 1.37. The van der Waals surface area contributed by atoms with E-state index >= 15 is 0 Å². The number of piperazine rings is 1. The van der Waals surface area contributed by atoms with Crippen molar-refractivity contribution in [3.8, 4) is 5.75 Å². The van der Waals surface area contributed by atoms with Gasteiger partial charge in [-0.05, 0) is 45.2 Å². The summed E-state index contributed by atoms with van der Waals surface area (Å²) in [7, 11) is 0. The molecular weight excluding hydrogens is 470 g/mol. The van der Waals surface area contributed by atoms with E-state index < -0.39 is 11.7 Å². The van der Waals surface area contributed by atoms with Gasteiger partial charge in [-0.25, -0.2) is 9.78 Å². The molecule has 2 aliphatic rings. The predicted molar refractivity (Wildman–Crippen MR) is 134 cm³/mol. The van der Waals surface area contributed by atoms with E-state index in [2.05, 4.69) is 29.1 Å². The fourth-order valence-electron chi connectivity index (χ4n) is 4.29. The number of nitrogens with zero attached hydrogens (tertiary/aromatic N) is 4. The van der Waals surface area contributed by atoms with Gasteiger partial charge in [0.25, 0.3) is 5.91 Å². The van der Waals surface area contributed by atoms with Gasteiger partial charge < -0.3 is 24.6 Å². The van der Waals surface area contributed by atoms with Gasteiger partial charge in [0.05, 0.1) is 17.4 Å². The van der Waals surface area contributed by atoms with Gasteiger partial charge in [-0.2, -0.15) is 0 Å². The Morgan fingerprint density at radius 2 is 2.06 bits per heavy atom. The van der Waals surface area contributed by atoms with Crippen LogP contribution in [0.5, 0.6) is 5.75 Å². The summed E-state index contributed by atoms with van der Waals surface area (Å²) in [5.74, 6) is 0.632. The number of ether oxygens (including phenoxy) is 2. The third-order valence-corrected chi connectivity index (χ3v) is 6.16. The minimum Gasteiger partial charge on any atom is -0.490 e. The van der Waals surface area contributed by atoms with E-state index in [1.54, 1.807) is 22.1 Å². The Labute approximate surface area is 210 Å². The number of aryl methyl sites for hydroxylation is 1. The van der Waals surface area contributed by atoms with Crippen molar-refractivity contribution in [2.45, 2.75) is 59.1 Å². The van der Waals surface area contributed by atoms with Gasteiger partial charge in [-0.1, -0.05) is 25.4 Å². The molecule has 1 fully saturated rings. The van der Waals surface area contributed by atoms with E-state index in [1.807, 2.05) is 33.8 Å². The lowest BCUT2D eigenvalue weighted by Gasteiger charge is -2.40. The number of anilines is 2. The second kappa shape index (κ2) is 9.53. The summed E-state index contributed by atoms with van der Waals surface area (Å²) in [6, 6.07) is 3.14. The van der Waals surface area contributed by atoms with Crippen molar-refractivity contribution in [2.24, 2.45) is 0 Å². The molecule has 0 radical (unpaired) electrons. The third kappa shape index (κ3) is 5.29. The molecular formula is C25H32ClN5O4. The lowest BCUT2D eigenvalue weighted by atomic mass is 10.0. The van der Waals surface area contributed by atoms with Gasteiger partial charge in [0, 0.05) is 31.9 Å². The summed E-state index contributed by atoms with van der Waals surface area (Å²) >= 11 is 6.33. The van der Waals surface area contributed by atoms with Crippen LogP contribution in [0.15, 0.2) is 18.3 Å².